The summed E-state index contributed by atoms with van der Waals surface area (Å²) in [5.74, 6) is 0.898. The van der Waals surface area contributed by atoms with E-state index < -0.39 is 0 Å². The molecule has 0 saturated carbocycles. The second kappa shape index (κ2) is 5.44. The molecular formula is C15H19NO2. The second-order valence-electron chi connectivity index (χ2n) is 4.87. The molecule has 96 valence electrons. The van der Waals surface area contributed by atoms with Gasteiger partial charge in [-0.3, -0.25) is 4.90 Å². The monoisotopic (exact) mass is 245 g/mol. The lowest BCUT2D eigenvalue weighted by Crippen LogP contribution is -2.33. The van der Waals surface area contributed by atoms with Crippen LogP contribution in [0.4, 0.5) is 0 Å². The van der Waals surface area contributed by atoms with Gasteiger partial charge in [0.25, 0.3) is 0 Å². The van der Waals surface area contributed by atoms with E-state index in [2.05, 4.69) is 4.90 Å². The predicted molar refractivity (Wildman–Crippen MR) is 72.0 cm³/mol. The third kappa shape index (κ3) is 2.67. The molecule has 1 saturated heterocycles. The van der Waals surface area contributed by atoms with Crippen LogP contribution in [-0.4, -0.2) is 31.1 Å². The number of ether oxygens (including phenoxy) is 1. The number of likely N-dealkylation sites (tertiary alicyclic amines) is 1. The highest BCUT2D eigenvalue weighted by Crippen LogP contribution is 2.21. The Balaban J connectivity index is 1.52. The highest BCUT2D eigenvalue weighted by Gasteiger charge is 2.09. The lowest BCUT2D eigenvalue weighted by atomic mass is 10.1. The van der Waals surface area contributed by atoms with E-state index in [9.17, 15) is 0 Å². The number of furan rings is 1. The van der Waals surface area contributed by atoms with Gasteiger partial charge in [-0.1, -0.05) is 6.42 Å². The number of piperidine rings is 1. The van der Waals surface area contributed by atoms with E-state index in [1.807, 2.05) is 24.3 Å². The molecule has 0 unspecified atom stereocenters. The van der Waals surface area contributed by atoms with Gasteiger partial charge in [-0.15, -0.1) is 0 Å². The first-order valence-electron chi connectivity index (χ1n) is 6.74. The van der Waals surface area contributed by atoms with Gasteiger partial charge in [-0.25, -0.2) is 0 Å². The maximum atomic E-state index is 5.78. The maximum absolute atomic E-state index is 5.78. The molecule has 18 heavy (non-hydrogen) atoms. The summed E-state index contributed by atoms with van der Waals surface area (Å²) in [6.07, 6.45) is 5.76. The Morgan fingerprint density at radius 2 is 2.00 bits per heavy atom. The summed E-state index contributed by atoms with van der Waals surface area (Å²) >= 11 is 0. The predicted octanol–water partition coefficient (Wildman–Crippen LogP) is 3.30. The average molecular weight is 245 g/mol. The molecule has 2 aromatic rings. The van der Waals surface area contributed by atoms with Gasteiger partial charge in [-0.2, -0.15) is 0 Å². The van der Waals surface area contributed by atoms with Crippen molar-refractivity contribution >= 4 is 11.0 Å². The van der Waals surface area contributed by atoms with Gasteiger partial charge in [0.15, 0.2) is 0 Å². The van der Waals surface area contributed by atoms with E-state index >= 15 is 0 Å². The quantitative estimate of drug-likeness (QED) is 0.826. The number of hydrogen-bond acceptors (Lipinski definition) is 3. The molecule has 0 bridgehead atoms. The standard InChI is InChI=1S/C15H19NO2/c1-2-7-16(8-3-1)9-11-17-14-5-4-13-6-10-18-15(13)12-14/h4-6,10,12H,1-3,7-9,11H2. The molecule has 0 N–H and O–H groups in total. The lowest BCUT2D eigenvalue weighted by Gasteiger charge is -2.26. The Labute approximate surface area is 107 Å². The zero-order valence-corrected chi connectivity index (χ0v) is 10.6. The Morgan fingerprint density at radius 3 is 2.89 bits per heavy atom. The molecule has 1 aromatic heterocycles. The summed E-state index contributed by atoms with van der Waals surface area (Å²) in [5.41, 5.74) is 0.894. The van der Waals surface area contributed by atoms with E-state index in [4.69, 9.17) is 9.15 Å². The molecule has 0 aliphatic carbocycles. The van der Waals surface area contributed by atoms with Crippen molar-refractivity contribution in [2.24, 2.45) is 0 Å². The van der Waals surface area contributed by atoms with Crippen LogP contribution in [0.2, 0.25) is 0 Å². The average Bonchev–Trinajstić information content (AvgIpc) is 2.87. The smallest absolute Gasteiger partial charge is 0.137 e. The largest absolute Gasteiger partial charge is 0.492 e. The van der Waals surface area contributed by atoms with Crippen LogP contribution >= 0.6 is 0 Å². The van der Waals surface area contributed by atoms with E-state index in [1.54, 1.807) is 6.26 Å². The number of benzene rings is 1. The Bertz CT molecular complexity index is 500. The molecule has 0 spiro atoms. The van der Waals surface area contributed by atoms with Crippen molar-refractivity contribution in [1.29, 1.82) is 0 Å². The van der Waals surface area contributed by atoms with Crippen LogP contribution in [0.5, 0.6) is 5.75 Å². The minimum Gasteiger partial charge on any atom is -0.492 e. The molecule has 3 heteroatoms. The molecule has 1 fully saturated rings. The number of fused-ring (bicyclic) bond motifs is 1. The third-order valence-electron chi connectivity index (χ3n) is 3.55. The van der Waals surface area contributed by atoms with Crippen LogP contribution in [0.3, 0.4) is 0 Å². The van der Waals surface area contributed by atoms with Crippen LogP contribution in [0.1, 0.15) is 19.3 Å². The molecule has 3 nitrogen and oxygen atoms in total. The fourth-order valence-corrected chi connectivity index (χ4v) is 2.50. The summed E-state index contributed by atoms with van der Waals surface area (Å²) < 4.78 is 11.1. The van der Waals surface area contributed by atoms with E-state index in [0.717, 1.165) is 29.9 Å². The molecule has 0 atom stereocenters. The molecular weight excluding hydrogens is 226 g/mol. The first-order valence-corrected chi connectivity index (χ1v) is 6.74. The normalized spacial score (nSPS) is 17.1. The van der Waals surface area contributed by atoms with Gasteiger partial charge in [0.1, 0.15) is 17.9 Å². The van der Waals surface area contributed by atoms with Crippen LogP contribution < -0.4 is 4.74 Å². The molecule has 1 aliphatic heterocycles. The van der Waals surface area contributed by atoms with E-state index in [0.29, 0.717) is 0 Å². The fourth-order valence-electron chi connectivity index (χ4n) is 2.50. The van der Waals surface area contributed by atoms with Crippen LogP contribution in [0.25, 0.3) is 11.0 Å². The second-order valence-corrected chi connectivity index (χ2v) is 4.87. The van der Waals surface area contributed by atoms with Gasteiger partial charge >= 0.3 is 0 Å². The topological polar surface area (TPSA) is 25.6 Å². The number of nitrogens with zero attached hydrogens (tertiary/aromatic N) is 1. The van der Waals surface area contributed by atoms with Gasteiger partial charge in [-0.05, 0) is 44.1 Å². The number of hydrogen-bond donors (Lipinski definition) is 0. The Kier molecular flexibility index (Phi) is 3.51. The molecule has 3 rings (SSSR count). The number of rotatable bonds is 4. The first kappa shape index (κ1) is 11.6. The minimum atomic E-state index is 0.756. The van der Waals surface area contributed by atoms with Gasteiger partial charge in [0.2, 0.25) is 0 Å². The highest BCUT2D eigenvalue weighted by atomic mass is 16.5. The third-order valence-corrected chi connectivity index (χ3v) is 3.55. The zero-order valence-electron chi connectivity index (χ0n) is 10.6. The van der Waals surface area contributed by atoms with Gasteiger partial charge < -0.3 is 9.15 Å². The summed E-state index contributed by atoms with van der Waals surface area (Å²) in [6, 6.07) is 7.97. The molecule has 0 radical (unpaired) electrons. The molecule has 0 amide bonds. The van der Waals surface area contributed by atoms with Crippen molar-refractivity contribution in [1.82, 2.24) is 4.90 Å². The van der Waals surface area contributed by atoms with Gasteiger partial charge in [0.05, 0.1) is 6.26 Å². The van der Waals surface area contributed by atoms with Crippen LogP contribution in [0, 0.1) is 0 Å². The van der Waals surface area contributed by atoms with E-state index in [1.165, 1.54) is 32.4 Å². The van der Waals surface area contributed by atoms with Crippen molar-refractivity contribution in [3.8, 4) is 5.75 Å². The highest BCUT2D eigenvalue weighted by molar-refractivity contribution is 5.78. The van der Waals surface area contributed by atoms with Gasteiger partial charge in [0, 0.05) is 18.0 Å². The molecule has 1 aromatic carbocycles. The van der Waals surface area contributed by atoms with Crippen molar-refractivity contribution in [3.05, 3.63) is 30.5 Å². The van der Waals surface area contributed by atoms with Crippen molar-refractivity contribution in [3.63, 3.8) is 0 Å². The Morgan fingerprint density at radius 1 is 1.11 bits per heavy atom. The first-order chi connectivity index (χ1) is 8.92. The lowest BCUT2D eigenvalue weighted by molar-refractivity contribution is 0.183. The van der Waals surface area contributed by atoms with Crippen molar-refractivity contribution in [2.75, 3.05) is 26.2 Å². The zero-order chi connectivity index (χ0) is 12.2. The molecule has 1 aliphatic rings. The molecule has 2 heterocycles. The SMILES string of the molecule is c1cc2ccc(OCCN3CCCCC3)cc2o1. The maximum Gasteiger partial charge on any atom is 0.137 e. The summed E-state index contributed by atoms with van der Waals surface area (Å²) in [4.78, 5) is 2.48. The van der Waals surface area contributed by atoms with Crippen LogP contribution in [-0.2, 0) is 0 Å². The summed E-state index contributed by atoms with van der Waals surface area (Å²) in [7, 11) is 0. The van der Waals surface area contributed by atoms with E-state index in [-0.39, 0.29) is 0 Å². The van der Waals surface area contributed by atoms with Crippen molar-refractivity contribution < 1.29 is 9.15 Å². The summed E-state index contributed by atoms with van der Waals surface area (Å²) in [5, 5.41) is 1.12. The Hall–Kier alpha value is -1.48. The van der Waals surface area contributed by atoms with Crippen molar-refractivity contribution in [2.45, 2.75) is 19.3 Å². The summed E-state index contributed by atoms with van der Waals surface area (Å²) in [6.45, 7) is 4.23. The van der Waals surface area contributed by atoms with Crippen LogP contribution in [0.15, 0.2) is 34.9 Å². The fraction of sp³-hybridized carbons (Fsp3) is 0.467. The minimum absolute atomic E-state index is 0.756.